The molecule has 0 unspecified atom stereocenters. The Bertz CT molecular complexity index is 385. The molecule has 0 fully saturated rings. The lowest BCUT2D eigenvalue weighted by Gasteiger charge is -2.06. The first-order chi connectivity index (χ1) is 7.70. The Balaban J connectivity index is 2.16. The van der Waals surface area contributed by atoms with Crippen LogP contribution < -0.4 is 4.74 Å². The van der Waals surface area contributed by atoms with Crippen molar-refractivity contribution < 1.29 is 9.47 Å². The summed E-state index contributed by atoms with van der Waals surface area (Å²) in [4.78, 5) is 8.66. The molecule has 1 aromatic rings. The number of pyridine rings is 1. The third kappa shape index (κ3) is 2.15. The Hall–Kier alpha value is -1.58. The van der Waals surface area contributed by atoms with Gasteiger partial charge in [-0.15, -0.1) is 0 Å². The van der Waals surface area contributed by atoms with E-state index in [2.05, 4.69) is 23.8 Å². The molecule has 2 heterocycles. The lowest BCUT2D eigenvalue weighted by Crippen LogP contribution is -2.13. The van der Waals surface area contributed by atoms with Crippen LogP contribution in [0.15, 0.2) is 23.3 Å². The van der Waals surface area contributed by atoms with Crippen LogP contribution in [0.5, 0.6) is 5.88 Å². The van der Waals surface area contributed by atoms with Gasteiger partial charge in [0.05, 0.1) is 18.7 Å². The van der Waals surface area contributed by atoms with E-state index in [-0.39, 0.29) is 6.04 Å². The van der Waals surface area contributed by atoms with Crippen LogP contribution >= 0.6 is 0 Å². The molecule has 0 aromatic carbocycles. The smallest absolute Gasteiger partial charge is 0.218 e. The van der Waals surface area contributed by atoms with Gasteiger partial charge in [-0.3, -0.25) is 0 Å². The summed E-state index contributed by atoms with van der Waals surface area (Å²) in [6.45, 7) is 4.96. The molecular weight excluding hydrogens is 204 g/mol. The lowest BCUT2D eigenvalue weighted by atomic mass is 10.1. The molecule has 0 saturated heterocycles. The van der Waals surface area contributed by atoms with Crippen LogP contribution in [0.3, 0.4) is 0 Å². The first-order valence-corrected chi connectivity index (χ1v) is 5.41. The van der Waals surface area contributed by atoms with Gasteiger partial charge in [-0.05, 0) is 12.0 Å². The number of aliphatic imine (C=N–C) groups is 1. The standard InChI is InChI=1S/C12H16N2O2/c1-8(2)10-7-16-12(14-10)9-4-5-11(15-3)13-6-9/h4-6,8,10H,7H2,1-3H3/t10-/m1/s1. The molecule has 0 saturated carbocycles. The molecule has 0 aliphatic carbocycles. The third-order valence-corrected chi connectivity index (χ3v) is 2.64. The van der Waals surface area contributed by atoms with E-state index in [4.69, 9.17) is 9.47 Å². The zero-order valence-corrected chi connectivity index (χ0v) is 9.80. The molecule has 1 atom stereocenters. The van der Waals surface area contributed by atoms with Crippen LogP contribution in [0, 0.1) is 5.92 Å². The minimum absolute atomic E-state index is 0.261. The highest BCUT2D eigenvalue weighted by atomic mass is 16.5. The summed E-state index contributed by atoms with van der Waals surface area (Å²) < 4.78 is 10.6. The highest BCUT2D eigenvalue weighted by Crippen LogP contribution is 2.18. The summed E-state index contributed by atoms with van der Waals surface area (Å²) in [5.41, 5.74) is 0.906. The van der Waals surface area contributed by atoms with Crippen LogP contribution in [-0.4, -0.2) is 30.6 Å². The molecule has 0 amide bonds. The van der Waals surface area contributed by atoms with Crippen LogP contribution in [0.25, 0.3) is 0 Å². The molecule has 86 valence electrons. The molecule has 1 aromatic heterocycles. The lowest BCUT2D eigenvalue weighted by molar-refractivity contribution is 0.291. The Kier molecular flexibility index (Phi) is 3.08. The third-order valence-electron chi connectivity index (χ3n) is 2.64. The van der Waals surface area contributed by atoms with Crippen molar-refractivity contribution in [3.8, 4) is 5.88 Å². The molecule has 0 bridgehead atoms. The molecule has 0 radical (unpaired) electrons. The molecular formula is C12H16N2O2. The number of aromatic nitrogens is 1. The van der Waals surface area contributed by atoms with E-state index in [1.54, 1.807) is 13.3 Å². The van der Waals surface area contributed by atoms with Crippen molar-refractivity contribution >= 4 is 5.90 Å². The maximum Gasteiger partial charge on any atom is 0.218 e. The molecule has 1 aliphatic heterocycles. The van der Waals surface area contributed by atoms with Gasteiger partial charge in [-0.2, -0.15) is 0 Å². The molecule has 4 nitrogen and oxygen atoms in total. The number of nitrogens with zero attached hydrogens (tertiary/aromatic N) is 2. The summed E-state index contributed by atoms with van der Waals surface area (Å²) in [5, 5.41) is 0. The zero-order chi connectivity index (χ0) is 11.5. The van der Waals surface area contributed by atoms with Crippen molar-refractivity contribution in [3.63, 3.8) is 0 Å². The average molecular weight is 220 g/mol. The van der Waals surface area contributed by atoms with Crippen molar-refractivity contribution in [2.75, 3.05) is 13.7 Å². The van der Waals surface area contributed by atoms with Crippen LogP contribution in [0.4, 0.5) is 0 Å². The van der Waals surface area contributed by atoms with Crippen LogP contribution in [-0.2, 0) is 4.74 Å². The van der Waals surface area contributed by atoms with E-state index in [0.717, 1.165) is 5.56 Å². The highest BCUT2D eigenvalue weighted by molar-refractivity contribution is 5.94. The number of hydrogen-bond donors (Lipinski definition) is 0. The van der Waals surface area contributed by atoms with Crippen molar-refractivity contribution in [3.05, 3.63) is 23.9 Å². The minimum Gasteiger partial charge on any atom is -0.481 e. The minimum atomic E-state index is 0.261. The Morgan fingerprint density at radius 2 is 2.25 bits per heavy atom. The zero-order valence-electron chi connectivity index (χ0n) is 9.80. The van der Waals surface area contributed by atoms with Crippen LogP contribution in [0.2, 0.25) is 0 Å². The summed E-state index contributed by atoms with van der Waals surface area (Å²) in [6.07, 6.45) is 1.72. The van der Waals surface area contributed by atoms with Gasteiger partial charge in [0, 0.05) is 12.3 Å². The first kappa shape index (κ1) is 10.9. The van der Waals surface area contributed by atoms with Gasteiger partial charge in [0.2, 0.25) is 11.8 Å². The Labute approximate surface area is 95.3 Å². The fourth-order valence-electron chi connectivity index (χ4n) is 1.52. The topological polar surface area (TPSA) is 43.7 Å². The molecule has 16 heavy (non-hydrogen) atoms. The van der Waals surface area contributed by atoms with E-state index in [1.165, 1.54) is 0 Å². The maximum atomic E-state index is 5.56. The molecule has 2 rings (SSSR count). The fraction of sp³-hybridized carbons (Fsp3) is 0.500. The maximum absolute atomic E-state index is 5.56. The van der Waals surface area contributed by atoms with E-state index in [9.17, 15) is 0 Å². The summed E-state index contributed by atoms with van der Waals surface area (Å²) in [5.74, 6) is 1.79. The van der Waals surface area contributed by atoms with Crippen LogP contribution in [0.1, 0.15) is 19.4 Å². The molecule has 4 heteroatoms. The van der Waals surface area contributed by atoms with Gasteiger partial charge < -0.3 is 9.47 Å². The molecule has 0 spiro atoms. The second-order valence-electron chi connectivity index (χ2n) is 4.15. The summed E-state index contributed by atoms with van der Waals surface area (Å²) in [6, 6.07) is 3.98. The van der Waals surface area contributed by atoms with Gasteiger partial charge in [0.15, 0.2) is 0 Å². The van der Waals surface area contributed by atoms with E-state index in [0.29, 0.717) is 24.3 Å². The average Bonchev–Trinajstić information content (AvgIpc) is 2.78. The monoisotopic (exact) mass is 220 g/mol. The van der Waals surface area contributed by atoms with Crippen molar-refractivity contribution in [2.24, 2.45) is 10.9 Å². The van der Waals surface area contributed by atoms with E-state index < -0.39 is 0 Å². The second-order valence-corrected chi connectivity index (χ2v) is 4.15. The number of methoxy groups -OCH3 is 1. The largest absolute Gasteiger partial charge is 0.481 e. The van der Waals surface area contributed by atoms with Gasteiger partial charge in [0.1, 0.15) is 6.61 Å². The first-order valence-electron chi connectivity index (χ1n) is 5.41. The van der Waals surface area contributed by atoms with Crippen molar-refractivity contribution in [1.82, 2.24) is 4.98 Å². The normalized spacial score (nSPS) is 19.5. The highest BCUT2D eigenvalue weighted by Gasteiger charge is 2.22. The number of ether oxygens (including phenoxy) is 2. The quantitative estimate of drug-likeness (QED) is 0.781. The molecule has 0 N–H and O–H groups in total. The number of hydrogen-bond acceptors (Lipinski definition) is 4. The predicted octanol–water partition coefficient (Wildman–Crippen LogP) is 1.89. The van der Waals surface area contributed by atoms with Crippen molar-refractivity contribution in [1.29, 1.82) is 0 Å². The fourth-order valence-corrected chi connectivity index (χ4v) is 1.52. The van der Waals surface area contributed by atoms with Gasteiger partial charge in [-0.1, -0.05) is 13.8 Å². The van der Waals surface area contributed by atoms with Gasteiger partial charge >= 0.3 is 0 Å². The Morgan fingerprint density at radius 1 is 1.44 bits per heavy atom. The second kappa shape index (κ2) is 4.51. The molecule has 1 aliphatic rings. The predicted molar refractivity (Wildman–Crippen MR) is 61.9 cm³/mol. The van der Waals surface area contributed by atoms with Gasteiger partial charge in [-0.25, -0.2) is 9.98 Å². The van der Waals surface area contributed by atoms with Crippen molar-refractivity contribution in [2.45, 2.75) is 19.9 Å². The summed E-state index contributed by atoms with van der Waals surface area (Å²) in [7, 11) is 1.60. The van der Waals surface area contributed by atoms with Gasteiger partial charge in [0.25, 0.3) is 0 Å². The Morgan fingerprint density at radius 3 is 2.75 bits per heavy atom. The SMILES string of the molecule is COc1ccc(C2=N[C@@H](C(C)C)CO2)cn1. The van der Waals surface area contributed by atoms with E-state index in [1.807, 2.05) is 12.1 Å². The number of rotatable bonds is 3. The van der Waals surface area contributed by atoms with E-state index >= 15 is 0 Å². The summed E-state index contributed by atoms with van der Waals surface area (Å²) >= 11 is 0.